The second-order valence-electron chi connectivity index (χ2n) is 8.27. The molecule has 1 amide bonds. The molecular formula is C23H27N3O3S2. The maximum absolute atomic E-state index is 12.9. The average Bonchev–Trinajstić information content (AvgIpc) is 3.23. The summed E-state index contributed by atoms with van der Waals surface area (Å²) in [6, 6.07) is 10.5. The number of hydrogen-bond acceptors (Lipinski definition) is 6. The molecule has 1 aromatic heterocycles. The van der Waals surface area contributed by atoms with Crippen LogP contribution in [0.5, 0.6) is 0 Å². The number of aryl methyl sites for hydroxylation is 2. The van der Waals surface area contributed by atoms with Gasteiger partial charge in [0.05, 0.1) is 20.4 Å². The second-order valence-corrected chi connectivity index (χ2v) is 11.8. The third-order valence-corrected chi connectivity index (χ3v) is 9.24. The lowest BCUT2D eigenvalue weighted by Gasteiger charge is -2.34. The molecule has 1 fully saturated rings. The Bertz CT molecular complexity index is 1180. The van der Waals surface area contributed by atoms with Gasteiger partial charge in [-0.3, -0.25) is 4.79 Å². The summed E-state index contributed by atoms with van der Waals surface area (Å²) in [4.78, 5) is 22.1. The zero-order valence-corrected chi connectivity index (χ0v) is 19.9. The minimum atomic E-state index is -3.34. The molecule has 1 aliphatic heterocycles. The fourth-order valence-electron chi connectivity index (χ4n) is 3.73. The number of rotatable bonds is 4. The molecule has 0 spiro atoms. The van der Waals surface area contributed by atoms with Crippen LogP contribution in [0.2, 0.25) is 0 Å². The number of nitrogens with zero attached hydrogens (tertiary/aromatic N) is 3. The van der Waals surface area contributed by atoms with E-state index in [1.165, 1.54) is 28.0 Å². The maximum Gasteiger partial charge on any atom is 0.253 e. The van der Waals surface area contributed by atoms with Crippen molar-refractivity contribution in [2.75, 3.05) is 31.1 Å². The highest BCUT2D eigenvalue weighted by Crippen LogP contribution is 2.33. The molecule has 0 N–H and O–H groups in total. The van der Waals surface area contributed by atoms with Crippen LogP contribution in [-0.2, 0) is 9.84 Å². The minimum absolute atomic E-state index is 0.0656. The highest BCUT2D eigenvalue weighted by Gasteiger charge is 2.25. The van der Waals surface area contributed by atoms with Crippen molar-refractivity contribution in [3.05, 3.63) is 53.1 Å². The van der Waals surface area contributed by atoms with Gasteiger partial charge in [-0.05, 0) is 63.1 Å². The van der Waals surface area contributed by atoms with E-state index < -0.39 is 15.1 Å². The van der Waals surface area contributed by atoms with Gasteiger partial charge in [-0.25, -0.2) is 13.4 Å². The topological polar surface area (TPSA) is 70.6 Å². The van der Waals surface area contributed by atoms with Crippen LogP contribution in [0.3, 0.4) is 0 Å². The van der Waals surface area contributed by atoms with Crippen LogP contribution in [0.1, 0.15) is 35.3 Å². The number of carbonyl (C=O) groups excluding carboxylic acids is 1. The molecule has 0 atom stereocenters. The summed E-state index contributed by atoms with van der Waals surface area (Å²) in [6.07, 6.45) is 0. The van der Waals surface area contributed by atoms with Crippen LogP contribution in [0.4, 0.5) is 5.13 Å². The number of anilines is 1. The Morgan fingerprint density at radius 2 is 1.58 bits per heavy atom. The predicted octanol–water partition coefficient (Wildman–Crippen LogP) is 4.06. The minimum Gasteiger partial charge on any atom is -0.345 e. The van der Waals surface area contributed by atoms with E-state index in [1.54, 1.807) is 37.3 Å². The molecule has 3 aromatic rings. The van der Waals surface area contributed by atoms with Gasteiger partial charge in [-0.2, -0.15) is 0 Å². The quantitative estimate of drug-likeness (QED) is 0.591. The number of carbonyl (C=O) groups is 1. The van der Waals surface area contributed by atoms with Crippen molar-refractivity contribution in [2.45, 2.75) is 37.8 Å². The molecule has 0 radical (unpaired) electrons. The molecule has 0 aliphatic carbocycles. The SMILES string of the molecule is Cc1ccc(C)c2sc(N3CCN(C(=O)c4ccc(S(=O)(=O)C(C)C)cc4)CC3)nc12. The zero-order valence-electron chi connectivity index (χ0n) is 18.3. The lowest BCUT2D eigenvalue weighted by molar-refractivity contribution is 0.0746. The molecule has 0 unspecified atom stereocenters. The first-order valence-corrected chi connectivity index (χ1v) is 12.8. The van der Waals surface area contributed by atoms with Crippen molar-refractivity contribution in [3.63, 3.8) is 0 Å². The van der Waals surface area contributed by atoms with E-state index in [4.69, 9.17) is 4.98 Å². The van der Waals surface area contributed by atoms with Gasteiger partial charge < -0.3 is 9.80 Å². The number of thiazole rings is 1. The number of benzene rings is 2. The molecule has 1 saturated heterocycles. The van der Waals surface area contributed by atoms with Crippen LogP contribution >= 0.6 is 11.3 Å². The van der Waals surface area contributed by atoms with Crippen molar-refractivity contribution in [1.82, 2.24) is 9.88 Å². The molecule has 0 bridgehead atoms. The van der Waals surface area contributed by atoms with Gasteiger partial charge in [0.1, 0.15) is 0 Å². The number of hydrogen-bond donors (Lipinski definition) is 0. The van der Waals surface area contributed by atoms with Crippen molar-refractivity contribution in [3.8, 4) is 0 Å². The van der Waals surface area contributed by atoms with E-state index in [9.17, 15) is 13.2 Å². The number of aromatic nitrogens is 1. The van der Waals surface area contributed by atoms with Crippen LogP contribution in [0.25, 0.3) is 10.2 Å². The molecule has 8 heteroatoms. The van der Waals surface area contributed by atoms with E-state index in [0.717, 1.165) is 23.7 Å². The number of fused-ring (bicyclic) bond motifs is 1. The summed E-state index contributed by atoms with van der Waals surface area (Å²) in [5, 5.41) is 0.514. The molecule has 4 rings (SSSR count). The molecule has 0 saturated carbocycles. The highest BCUT2D eigenvalue weighted by molar-refractivity contribution is 7.92. The van der Waals surface area contributed by atoms with E-state index in [2.05, 4.69) is 30.9 Å². The summed E-state index contributed by atoms with van der Waals surface area (Å²) >= 11 is 1.71. The Morgan fingerprint density at radius 1 is 0.968 bits per heavy atom. The normalized spacial score (nSPS) is 15.1. The van der Waals surface area contributed by atoms with Gasteiger partial charge in [-0.1, -0.05) is 23.5 Å². The van der Waals surface area contributed by atoms with E-state index >= 15 is 0 Å². The van der Waals surface area contributed by atoms with Gasteiger partial charge in [0, 0.05) is 31.7 Å². The van der Waals surface area contributed by atoms with Gasteiger partial charge >= 0.3 is 0 Å². The molecule has 31 heavy (non-hydrogen) atoms. The second kappa shape index (κ2) is 8.24. The van der Waals surface area contributed by atoms with Crippen molar-refractivity contribution >= 4 is 42.4 Å². The van der Waals surface area contributed by atoms with Gasteiger partial charge in [-0.15, -0.1) is 0 Å². The predicted molar refractivity (Wildman–Crippen MR) is 126 cm³/mol. The Kier molecular flexibility index (Phi) is 5.79. The lowest BCUT2D eigenvalue weighted by Crippen LogP contribution is -2.48. The first-order chi connectivity index (χ1) is 14.7. The fourth-order valence-corrected chi connectivity index (χ4v) is 5.95. The van der Waals surface area contributed by atoms with Gasteiger partial charge in [0.15, 0.2) is 15.0 Å². The fraction of sp³-hybridized carbons (Fsp3) is 0.391. The number of piperazine rings is 1. The molecule has 164 valence electrons. The summed E-state index contributed by atoms with van der Waals surface area (Å²) < 4.78 is 25.8. The van der Waals surface area contributed by atoms with E-state index in [-0.39, 0.29) is 10.8 Å². The zero-order chi connectivity index (χ0) is 22.3. The number of sulfone groups is 1. The standard InChI is InChI=1S/C23H27N3O3S2/c1-15(2)31(28,29)19-9-7-18(8-10-19)22(27)25-11-13-26(14-12-25)23-24-20-16(3)5-6-17(4)21(20)30-23/h5-10,15H,11-14H2,1-4H3. The van der Waals surface area contributed by atoms with Crippen molar-refractivity contribution in [2.24, 2.45) is 0 Å². The summed E-state index contributed by atoms with van der Waals surface area (Å²) in [7, 11) is -3.34. The number of amides is 1. The van der Waals surface area contributed by atoms with Gasteiger partial charge in [0.2, 0.25) is 0 Å². The van der Waals surface area contributed by atoms with Crippen LogP contribution in [0, 0.1) is 13.8 Å². The highest BCUT2D eigenvalue weighted by atomic mass is 32.2. The van der Waals surface area contributed by atoms with Crippen molar-refractivity contribution in [1.29, 1.82) is 0 Å². The maximum atomic E-state index is 12.9. The van der Waals surface area contributed by atoms with Crippen LogP contribution < -0.4 is 4.90 Å². The van der Waals surface area contributed by atoms with Crippen LogP contribution in [-0.4, -0.2) is 55.6 Å². The van der Waals surface area contributed by atoms with E-state index in [0.29, 0.717) is 18.7 Å². The molecule has 1 aliphatic rings. The van der Waals surface area contributed by atoms with E-state index in [1.807, 2.05) is 4.90 Å². The third-order valence-electron chi connectivity index (χ3n) is 5.82. The summed E-state index contributed by atoms with van der Waals surface area (Å²) in [6.45, 7) is 10.2. The Balaban J connectivity index is 1.45. The monoisotopic (exact) mass is 457 g/mol. The molecule has 2 aromatic carbocycles. The van der Waals surface area contributed by atoms with Crippen molar-refractivity contribution < 1.29 is 13.2 Å². The molecule has 2 heterocycles. The summed E-state index contributed by atoms with van der Waals surface area (Å²) in [5.74, 6) is -0.0656. The summed E-state index contributed by atoms with van der Waals surface area (Å²) in [5.41, 5.74) is 4.00. The van der Waals surface area contributed by atoms with Gasteiger partial charge in [0.25, 0.3) is 5.91 Å². The first-order valence-electron chi connectivity index (χ1n) is 10.4. The Hall–Kier alpha value is -2.45. The smallest absolute Gasteiger partial charge is 0.253 e. The third kappa shape index (κ3) is 4.06. The Morgan fingerprint density at radius 3 is 2.16 bits per heavy atom. The molecular weight excluding hydrogens is 430 g/mol. The first kappa shape index (κ1) is 21.8. The molecule has 6 nitrogen and oxygen atoms in total. The van der Waals surface area contributed by atoms with Crippen LogP contribution in [0.15, 0.2) is 41.3 Å². The Labute approximate surface area is 187 Å². The largest absolute Gasteiger partial charge is 0.345 e. The average molecular weight is 458 g/mol. The lowest BCUT2D eigenvalue weighted by atomic mass is 10.1.